The van der Waals surface area contributed by atoms with Crippen molar-refractivity contribution in [3.8, 4) is 0 Å². The highest BCUT2D eigenvalue weighted by Crippen LogP contribution is 2.16. The van der Waals surface area contributed by atoms with E-state index in [2.05, 4.69) is 36.6 Å². The zero-order valence-corrected chi connectivity index (χ0v) is 16.5. The Hall–Kier alpha value is -1.60. The predicted octanol–water partition coefficient (Wildman–Crippen LogP) is 2.44. The highest BCUT2D eigenvalue weighted by Gasteiger charge is 2.14. The third-order valence-electron chi connectivity index (χ3n) is 4.48. The summed E-state index contributed by atoms with van der Waals surface area (Å²) in [4.78, 5) is 4.70. The van der Waals surface area contributed by atoms with Crippen LogP contribution in [0.15, 0.2) is 9.52 Å². The van der Waals surface area contributed by atoms with Gasteiger partial charge in [0.25, 0.3) is 0 Å². The summed E-state index contributed by atoms with van der Waals surface area (Å²) in [7, 11) is 0. The van der Waals surface area contributed by atoms with E-state index >= 15 is 0 Å². The molecule has 26 heavy (non-hydrogen) atoms. The van der Waals surface area contributed by atoms with E-state index in [-0.39, 0.29) is 0 Å². The molecule has 2 N–H and O–H groups in total. The fourth-order valence-electron chi connectivity index (χ4n) is 2.99. The van der Waals surface area contributed by atoms with E-state index in [0.29, 0.717) is 12.6 Å². The number of guanidine groups is 1. The van der Waals surface area contributed by atoms with Crippen molar-refractivity contribution in [1.29, 1.82) is 0 Å². The van der Waals surface area contributed by atoms with Gasteiger partial charge in [0.15, 0.2) is 5.96 Å². The summed E-state index contributed by atoms with van der Waals surface area (Å²) < 4.78 is 16.7. The van der Waals surface area contributed by atoms with Crippen LogP contribution in [0.3, 0.4) is 0 Å². The largest absolute Gasteiger partial charge is 0.381 e. The molecule has 0 aliphatic carbocycles. The van der Waals surface area contributed by atoms with Crippen molar-refractivity contribution in [3.63, 3.8) is 0 Å². The number of ether oxygens (including phenoxy) is 2. The van der Waals surface area contributed by atoms with Gasteiger partial charge < -0.3 is 24.6 Å². The molecule has 0 saturated carbocycles. The number of hydrogen-bond acceptors (Lipinski definition) is 5. The van der Waals surface area contributed by atoms with Crippen LogP contribution >= 0.6 is 0 Å². The van der Waals surface area contributed by atoms with Crippen molar-refractivity contribution >= 4 is 5.96 Å². The third kappa shape index (κ3) is 6.61. The molecule has 2 rings (SSSR count). The van der Waals surface area contributed by atoms with Gasteiger partial charge in [-0.2, -0.15) is 0 Å². The number of nitrogens with one attached hydrogen (secondary N) is 2. The smallest absolute Gasteiger partial charge is 0.191 e. The monoisotopic (exact) mass is 366 g/mol. The second kappa shape index (κ2) is 11.9. The fraction of sp³-hybridized carbons (Fsp3) is 0.789. The Morgan fingerprint density at radius 1 is 1.19 bits per heavy atom. The number of aryl methyl sites for hydroxylation is 2. The normalized spacial score (nSPS) is 16.0. The molecule has 1 aliphatic heterocycles. The average Bonchev–Trinajstić information content (AvgIpc) is 3.08. The first-order valence-electron chi connectivity index (χ1n) is 9.96. The van der Waals surface area contributed by atoms with E-state index < -0.39 is 0 Å². The van der Waals surface area contributed by atoms with E-state index in [1.807, 2.05) is 0 Å². The second-order valence-corrected chi connectivity index (χ2v) is 6.40. The van der Waals surface area contributed by atoms with Crippen molar-refractivity contribution in [2.24, 2.45) is 4.99 Å². The minimum atomic E-state index is 0.360. The van der Waals surface area contributed by atoms with Gasteiger partial charge >= 0.3 is 0 Å². The van der Waals surface area contributed by atoms with Crippen molar-refractivity contribution in [2.75, 3.05) is 32.9 Å². The molecule has 7 heteroatoms. The molecule has 0 bridgehead atoms. The molecule has 0 atom stereocenters. The SMILES string of the molecule is CCNC(=NCc1c(CC)noc1CC)NCCCOC1CCOCC1. The first kappa shape index (κ1) is 20.7. The van der Waals surface area contributed by atoms with Crippen LogP contribution < -0.4 is 10.6 Å². The van der Waals surface area contributed by atoms with Crippen LogP contribution in [-0.2, 0) is 28.9 Å². The molecule has 1 saturated heterocycles. The maximum Gasteiger partial charge on any atom is 0.191 e. The van der Waals surface area contributed by atoms with E-state index in [1.54, 1.807) is 0 Å². The number of nitrogens with zero attached hydrogens (tertiary/aromatic N) is 2. The molecule has 0 aromatic carbocycles. The molecule has 1 aromatic rings. The lowest BCUT2D eigenvalue weighted by molar-refractivity contribution is -0.0320. The Labute approximate surface area is 156 Å². The van der Waals surface area contributed by atoms with Crippen molar-refractivity contribution in [3.05, 3.63) is 17.0 Å². The molecular formula is C19H34N4O3. The van der Waals surface area contributed by atoms with Gasteiger partial charge in [0.05, 0.1) is 18.3 Å². The summed E-state index contributed by atoms with van der Waals surface area (Å²) in [5, 5.41) is 10.8. The highest BCUT2D eigenvalue weighted by atomic mass is 16.5. The van der Waals surface area contributed by atoms with E-state index in [1.165, 1.54) is 0 Å². The van der Waals surface area contributed by atoms with Gasteiger partial charge in [-0.15, -0.1) is 0 Å². The lowest BCUT2D eigenvalue weighted by Gasteiger charge is -2.22. The van der Waals surface area contributed by atoms with Gasteiger partial charge in [-0.1, -0.05) is 19.0 Å². The summed E-state index contributed by atoms with van der Waals surface area (Å²) in [6.45, 7) is 10.9. The van der Waals surface area contributed by atoms with Crippen LogP contribution in [0.2, 0.25) is 0 Å². The van der Waals surface area contributed by atoms with E-state index in [0.717, 1.165) is 88.0 Å². The molecule has 0 amide bonds. The van der Waals surface area contributed by atoms with Crippen LogP contribution in [0.4, 0.5) is 0 Å². The van der Waals surface area contributed by atoms with Gasteiger partial charge in [0, 0.05) is 44.9 Å². The summed E-state index contributed by atoms with van der Waals surface area (Å²) in [6, 6.07) is 0. The minimum Gasteiger partial charge on any atom is -0.381 e. The molecule has 1 aromatic heterocycles. The summed E-state index contributed by atoms with van der Waals surface area (Å²) in [6.07, 6.45) is 5.04. The zero-order chi connectivity index (χ0) is 18.6. The molecule has 1 fully saturated rings. The van der Waals surface area contributed by atoms with Crippen molar-refractivity contribution < 1.29 is 14.0 Å². The summed E-state index contributed by atoms with van der Waals surface area (Å²) in [5.41, 5.74) is 2.13. The summed E-state index contributed by atoms with van der Waals surface area (Å²) >= 11 is 0. The number of hydrogen-bond donors (Lipinski definition) is 2. The van der Waals surface area contributed by atoms with Crippen molar-refractivity contribution in [1.82, 2.24) is 15.8 Å². The van der Waals surface area contributed by atoms with Gasteiger partial charge in [-0.05, 0) is 32.6 Å². The third-order valence-corrected chi connectivity index (χ3v) is 4.48. The first-order valence-corrected chi connectivity index (χ1v) is 9.96. The van der Waals surface area contributed by atoms with Crippen molar-refractivity contribution in [2.45, 2.75) is 65.5 Å². The molecule has 0 spiro atoms. The van der Waals surface area contributed by atoms with Crippen LogP contribution in [-0.4, -0.2) is 50.1 Å². The number of aromatic nitrogens is 1. The Bertz CT molecular complexity index is 517. The van der Waals surface area contributed by atoms with Crippen LogP contribution in [0.5, 0.6) is 0 Å². The molecular weight excluding hydrogens is 332 g/mol. The van der Waals surface area contributed by atoms with E-state index in [9.17, 15) is 0 Å². The van der Waals surface area contributed by atoms with Gasteiger partial charge in [-0.25, -0.2) is 4.99 Å². The molecule has 0 radical (unpaired) electrons. The topological polar surface area (TPSA) is 80.9 Å². The van der Waals surface area contributed by atoms with Crippen LogP contribution in [0, 0.1) is 0 Å². The number of aliphatic imine (C=N–C) groups is 1. The molecule has 2 heterocycles. The van der Waals surface area contributed by atoms with Gasteiger partial charge in [-0.3, -0.25) is 0 Å². The van der Waals surface area contributed by atoms with Crippen LogP contribution in [0.1, 0.15) is 57.1 Å². The Morgan fingerprint density at radius 3 is 2.69 bits per heavy atom. The molecule has 148 valence electrons. The molecule has 1 aliphatic rings. The maximum absolute atomic E-state index is 5.90. The maximum atomic E-state index is 5.90. The molecule has 0 unspecified atom stereocenters. The van der Waals surface area contributed by atoms with Crippen LogP contribution in [0.25, 0.3) is 0 Å². The Kier molecular flexibility index (Phi) is 9.48. The quantitative estimate of drug-likeness (QED) is 0.376. The lowest BCUT2D eigenvalue weighted by atomic mass is 10.1. The zero-order valence-electron chi connectivity index (χ0n) is 16.5. The standard InChI is InChI=1S/C19H34N4O3/c1-4-17-16(18(5-2)26-23-17)14-22-19(20-6-3)21-10-7-11-25-15-8-12-24-13-9-15/h15H,4-14H2,1-3H3,(H2,20,21,22). The molecule has 7 nitrogen and oxygen atoms in total. The number of rotatable bonds is 10. The van der Waals surface area contributed by atoms with E-state index in [4.69, 9.17) is 19.0 Å². The van der Waals surface area contributed by atoms with Gasteiger partial charge in [0.2, 0.25) is 0 Å². The predicted molar refractivity (Wildman–Crippen MR) is 102 cm³/mol. The average molecular weight is 367 g/mol. The lowest BCUT2D eigenvalue weighted by Crippen LogP contribution is -2.38. The second-order valence-electron chi connectivity index (χ2n) is 6.40. The first-order chi connectivity index (χ1) is 12.8. The fourth-order valence-corrected chi connectivity index (χ4v) is 2.99. The summed E-state index contributed by atoms with van der Waals surface area (Å²) in [5.74, 6) is 1.76. The Morgan fingerprint density at radius 2 is 2.00 bits per heavy atom. The van der Waals surface area contributed by atoms with Gasteiger partial charge in [0.1, 0.15) is 5.76 Å². The Balaban J connectivity index is 1.76. The minimum absolute atomic E-state index is 0.360. The highest BCUT2D eigenvalue weighted by molar-refractivity contribution is 5.79.